The molecule has 0 radical (unpaired) electrons. The van der Waals surface area contributed by atoms with Gasteiger partial charge in [-0.25, -0.2) is 9.97 Å². The van der Waals surface area contributed by atoms with Crippen LogP contribution in [0.2, 0.25) is 0 Å². The lowest BCUT2D eigenvalue weighted by atomic mass is 10.1. The number of hydrogen-bond acceptors (Lipinski definition) is 6. The number of hydrogen-bond donors (Lipinski definition) is 2. The number of rotatable bonds is 8. The summed E-state index contributed by atoms with van der Waals surface area (Å²) in [5.74, 6) is 3.72. The molecule has 21 heavy (non-hydrogen) atoms. The molecule has 2 N–H and O–H groups in total. The van der Waals surface area contributed by atoms with Crippen molar-refractivity contribution in [3.05, 3.63) is 11.9 Å². The van der Waals surface area contributed by atoms with E-state index in [2.05, 4.69) is 46.2 Å². The van der Waals surface area contributed by atoms with Gasteiger partial charge in [-0.2, -0.15) is 11.8 Å². The first-order valence-corrected chi connectivity index (χ1v) is 8.71. The van der Waals surface area contributed by atoms with Crippen LogP contribution < -0.4 is 10.6 Å². The molecule has 0 saturated carbocycles. The SMILES string of the molecule is CCNc1cc(NCC2(C)CCCS2)nc(COCC)n1. The highest BCUT2D eigenvalue weighted by Gasteiger charge is 2.29. The van der Waals surface area contributed by atoms with Gasteiger partial charge in [-0.1, -0.05) is 0 Å². The van der Waals surface area contributed by atoms with Gasteiger partial charge >= 0.3 is 0 Å². The molecule has 5 nitrogen and oxygen atoms in total. The highest BCUT2D eigenvalue weighted by molar-refractivity contribution is 8.00. The quantitative estimate of drug-likeness (QED) is 0.769. The molecule has 1 aliphatic rings. The molecule has 1 unspecified atom stereocenters. The fourth-order valence-corrected chi connectivity index (χ4v) is 3.62. The van der Waals surface area contributed by atoms with Crippen molar-refractivity contribution in [2.75, 3.05) is 36.1 Å². The lowest BCUT2D eigenvalue weighted by molar-refractivity contribution is 0.128. The summed E-state index contributed by atoms with van der Waals surface area (Å²) in [6, 6.07) is 1.97. The van der Waals surface area contributed by atoms with Crippen molar-refractivity contribution >= 4 is 23.4 Å². The molecule has 1 saturated heterocycles. The van der Waals surface area contributed by atoms with Crippen LogP contribution in [-0.4, -0.2) is 40.2 Å². The lowest BCUT2D eigenvalue weighted by Crippen LogP contribution is -2.27. The van der Waals surface area contributed by atoms with Crippen molar-refractivity contribution < 1.29 is 4.74 Å². The smallest absolute Gasteiger partial charge is 0.158 e. The van der Waals surface area contributed by atoms with Crippen LogP contribution in [0.4, 0.5) is 11.6 Å². The normalized spacial score (nSPS) is 21.5. The average Bonchev–Trinajstić information content (AvgIpc) is 2.91. The molecule has 118 valence electrons. The van der Waals surface area contributed by atoms with Crippen LogP contribution in [0.1, 0.15) is 39.4 Å². The van der Waals surface area contributed by atoms with Crippen molar-refractivity contribution in [3.8, 4) is 0 Å². The van der Waals surface area contributed by atoms with Crippen LogP contribution in [-0.2, 0) is 11.3 Å². The van der Waals surface area contributed by atoms with Gasteiger partial charge in [-0.05, 0) is 39.4 Å². The molecule has 1 fully saturated rings. The fraction of sp³-hybridized carbons (Fsp3) is 0.733. The largest absolute Gasteiger partial charge is 0.374 e. The number of thioether (sulfide) groups is 1. The molecule has 6 heteroatoms. The van der Waals surface area contributed by atoms with Crippen LogP contribution in [0.15, 0.2) is 6.07 Å². The van der Waals surface area contributed by atoms with Crippen LogP contribution in [0, 0.1) is 0 Å². The third-order valence-electron chi connectivity index (χ3n) is 3.51. The fourth-order valence-electron chi connectivity index (χ4n) is 2.37. The molecule has 1 aromatic rings. The average molecular weight is 310 g/mol. The van der Waals surface area contributed by atoms with Gasteiger partial charge in [0.15, 0.2) is 5.82 Å². The number of anilines is 2. The first-order chi connectivity index (χ1) is 10.1. The predicted octanol–water partition coefficient (Wildman–Crippen LogP) is 3.14. The second-order valence-corrected chi connectivity index (χ2v) is 7.16. The number of nitrogens with one attached hydrogen (secondary N) is 2. The summed E-state index contributed by atoms with van der Waals surface area (Å²) in [6.45, 7) is 9.28. The summed E-state index contributed by atoms with van der Waals surface area (Å²) < 4.78 is 5.74. The summed E-state index contributed by atoms with van der Waals surface area (Å²) in [5, 5.41) is 6.73. The van der Waals surface area contributed by atoms with E-state index in [0.29, 0.717) is 18.0 Å². The number of ether oxygens (including phenoxy) is 1. The van der Waals surface area contributed by atoms with E-state index >= 15 is 0 Å². The molecule has 1 aromatic heterocycles. The Hall–Kier alpha value is -1.01. The van der Waals surface area contributed by atoms with Gasteiger partial charge in [0.25, 0.3) is 0 Å². The zero-order chi connectivity index (χ0) is 15.1. The minimum absolute atomic E-state index is 0.323. The van der Waals surface area contributed by atoms with E-state index in [-0.39, 0.29) is 0 Å². The minimum atomic E-state index is 0.323. The molecule has 0 aliphatic carbocycles. The van der Waals surface area contributed by atoms with Crippen LogP contribution >= 0.6 is 11.8 Å². The number of aromatic nitrogens is 2. The Kier molecular flexibility index (Phi) is 6.11. The van der Waals surface area contributed by atoms with E-state index in [4.69, 9.17) is 4.74 Å². The molecule has 2 heterocycles. The van der Waals surface area contributed by atoms with Gasteiger partial charge in [0.1, 0.15) is 18.2 Å². The molecular formula is C15H26N4OS. The Morgan fingerprint density at radius 3 is 2.67 bits per heavy atom. The van der Waals surface area contributed by atoms with Crippen molar-refractivity contribution in [1.82, 2.24) is 9.97 Å². The second kappa shape index (κ2) is 7.84. The van der Waals surface area contributed by atoms with Gasteiger partial charge in [0.05, 0.1) is 0 Å². The highest BCUT2D eigenvalue weighted by Crippen LogP contribution is 2.37. The van der Waals surface area contributed by atoms with Gasteiger partial charge in [-0.3, -0.25) is 0 Å². The van der Waals surface area contributed by atoms with Gasteiger partial charge in [-0.15, -0.1) is 0 Å². The molecule has 2 rings (SSSR count). The Morgan fingerprint density at radius 2 is 2.05 bits per heavy atom. The Morgan fingerprint density at radius 1 is 1.29 bits per heavy atom. The molecule has 1 atom stereocenters. The van der Waals surface area contributed by atoms with Gasteiger partial charge < -0.3 is 15.4 Å². The molecule has 0 aromatic carbocycles. The zero-order valence-corrected chi connectivity index (χ0v) is 14.1. The topological polar surface area (TPSA) is 59.1 Å². The molecular weight excluding hydrogens is 284 g/mol. The summed E-state index contributed by atoms with van der Waals surface area (Å²) in [4.78, 5) is 9.01. The van der Waals surface area contributed by atoms with E-state index in [1.165, 1.54) is 18.6 Å². The van der Waals surface area contributed by atoms with Crippen LogP contribution in [0.25, 0.3) is 0 Å². The van der Waals surface area contributed by atoms with Crippen LogP contribution in [0.3, 0.4) is 0 Å². The van der Waals surface area contributed by atoms with Crippen LogP contribution in [0.5, 0.6) is 0 Å². The Labute approximate surface area is 131 Å². The van der Waals surface area contributed by atoms with Gasteiger partial charge in [0.2, 0.25) is 0 Å². The first kappa shape index (κ1) is 16.4. The molecule has 0 spiro atoms. The van der Waals surface area contributed by atoms with Crippen molar-refractivity contribution in [2.45, 2.75) is 45.0 Å². The summed E-state index contributed by atoms with van der Waals surface area (Å²) in [5.41, 5.74) is 0. The maximum atomic E-state index is 5.42. The van der Waals surface area contributed by atoms with E-state index in [1.807, 2.05) is 13.0 Å². The van der Waals surface area contributed by atoms with E-state index < -0.39 is 0 Å². The van der Waals surface area contributed by atoms with Gasteiger partial charge in [0, 0.05) is 30.5 Å². The Bertz CT molecular complexity index is 449. The monoisotopic (exact) mass is 310 g/mol. The third-order valence-corrected chi connectivity index (χ3v) is 5.05. The maximum absolute atomic E-state index is 5.42. The second-order valence-electron chi connectivity index (χ2n) is 5.48. The zero-order valence-electron chi connectivity index (χ0n) is 13.2. The lowest BCUT2D eigenvalue weighted by Gasteiger charge is -2.23. The highest BCUT2D eigenvalue weighted by atomic mass is 32.2. The maximum Gasteiger partial charge on any atom is 0.158 e. The summed E-state index contributed by atoms with van der Waals surface area (Å²) >= 11 is 2.05. The van der Waals surface area contributed by atoms with E-state index in [1.54, 1.807) is 0 Å². The first-order valence-electron chi connectivity index (χ1n) is 7.72. The van der Waals surface area contributed by atoms with E-state index in [9.17, 15) is 0 Å². The Balaban J connectivity index is 2.03. The summed E-state index contributed by atoms with van der Waals surface area (Å²) in [7, 11) is 0. The molecule has 0 bridgehead atoms. The molecule has 1 aliphatic heterocycles. The van der Waals surface area contributed by atoms with Crippen molar-refractivity contribution in [1.29, 1.82) is 0 Å². The van der Waals surface area contributed by atoms with Crippen molar-refractivity contribution in [3.63, 3.8) is 0 Å². The van der Waals surface area contributed by atoms with Crippen molar-refractivity contribution in [2.24, 2.45) is 0 Å². The third kappa shape index (κ3) is 5.04. The predicted molar refractivity (Wildman–Crippen MR) is 90.1 cm³/mol. The minimum Gasteiger partial charge on any atom is -0.374 e. The summed E-state index contributed by atoms with van der Waals surface area (Å²) in [6.07, 6.45) is 2.58. The standard InChI is InChI=1S/C15H26N4OS/c1-4-16-12-9-13(19-14(18-12)10-20-5-2)17-11-15(3)7-6-8-21-15/h9H,4-8,10-11H2,1-3H3,(H2,16,17,18,19). The number of nitrogens with zero attached hydrogens (tertiary/aromatic N) is 2. The molecule has 0 amide bonds. The van der Waals surface area contributed by atoms with E-state index in [0.717, 1.165) is 30.5 Å².